The highest BCUT2D eigenvalue weighted by Crippen LogP contribution is 2.32. The molecule has 2 fully saturated rings. The van der Waals surface area contributed by atoms with E-state index in [1.54, 1.807) is 0 Å². The predicted octanol–water partition coefficient (Wildman–Crippen LogP) is 6.52. The molecule has 2 aromatic carbocycles. The minimum absolute atomic E-state index is 0.270. The lowest BCUT2D eigenvalue weighted by Crippen LogP contribution is -2.45. The van der Waals surface area contributed by atoms with Gasteiger partial charge in [0.15, 0.2) is 0 Å². The molecule has 0 spiro atoms. The summed E-state index contributed by atoms with van der Waals surface area (Å²) in [5.41, 5.74) is 6.37. The molecular formula is C31H46N4. The van der Waals surface area contributed by atoms with Gasteiger partial charge in [-0.1, -0.05) is 75.1 Å². The van der Waals surface area contributed by atoms with Crippen molar-refractivity contribution >= 4 is 11.4 Å². The summed E-state index contributed by atoms with van der Waals surface area (Å²) in [6.07, 6.45) is 9.49. The fourth-order valence-electron chi connectivity index (χ4n) is 5.83. The average molecular weight is 475 g/mol. The van der Waals surface area contributed by atoms with Crippen molar-refractivity contribution in [2.24, 2.45) is 0 Å². The topological polar surface area (TPSA) is 30.5 Å². The SMILES string of the molecule is C=C(c1ccc([C@H](c2cccc(NC3CCCCCCC3)c2)N2CCNCC2)cc1)N(CC)CC. The quantitative estimate of drug-likeness (QED) is 0.433. The second kappa shape index (κ2) is 13.1. The zero-order valence-corrected chi connectivity index (χ0v) is 22.1. The predicted molar refractivity (Wildman–Crippen MR) is 151 cm³/mol. The summed E-state index contributed by atoms with van der Waals surface area (Å²) in [6.45, 7) is 15.0. The minimum atomic E-state index is 0.270. The molecular weight excluding hydrogens is 428 g/mol. The van der Waals surface area contributed by atoms with Crippen LogP contribution in [0.4, 0.5) is 5.69 Å². The molecule has 0 bridgehead atoms. The molecule has 2 aliphatic rings. The number of benzene rings is 2. The number of anilines is 1. The van der Waals surface area contributed by atoms with Crippen molar-refractivity contribution in [1.82, 2.24) is 15.1 Å². The summed E-state index contributed by atoms with van der Waals surface area (Å²) in [5, 5.41) is 7.43. The van der Waals surface area contributed by atoms with Crippen LogP contribution in [0.25, 0.3) is 5.70 Å². The molecule has 35 heavy (non-hydrogen) atoms. The smallest absolute Gasteiger partial charge is 0.0603 e. The van der Waals surface area contributed by atoms with E-state index in [2.05, 4.69) is 89.4 Å². The van der Waals surface area contributed by atoms with E-state index in [-0.39, 0.29) is 6.04 Å². The summed E-state index contributed by atoms with van der Waals surface area (Å²) in [6, 6.07) is 19.3. The van der Waals surface area contributed by atoms with E-state index in [0.29, 0.717) is 6.04 Å². The van der Waals surface area contributed by atoms with E-state index in [1.165, 1.54) is 67.3 Å². The molecule has 4 nitrogen and oxygen atoms in total. The van der Waals surface area contributed by atoms with Crippen LogP contribution in [-0.4, -0.2) is 55.1 Å². The van der Waals surface area contributed by atoms with Crippen molar-refractivity contribution in [1.29, 1.82) is 0 Å². The van der Waals surface area contributed by atoms with Gasteiger partial charge in [-0.3, -0.25) is 4.90 Å². The van der Waals surface area contributed by atoms with Crippen molar-refractivity contribution in [2.75, 3.05) is 44.6 Å². The molecule has 1 atom stereocenters. The standard InChI is InChI=1S/C31H46N4/c1-4-34(5-2)25(3)26-16-18-27(19-17-26)31(35-22-20-32-21-23-35)28-12-11-15-30(24-28)33-29-13-9-7-6-8-10-14-29/h11-12,15-19,24,29,31-33H,3-10,13-14,20-23H2,1-2H3/t31-/m1/s1. The van der Waals surface area contributed by atoms with Gasteiger partial charge < -0.3 is 15.5 Å². The second-order valence-electron chi connectivity index (χ2n) is 10.2. The molecule has 190 valence electrons. The van der Waals surface area contributed by atoms with Crippen LogP contribution in [0.2, 0.25) is 0 Å². The van der Waals surface area contributed by atoms with Crippen LogP contribution < -0.4 is 10.6 Å². The lowest BCUT2D eigenvalue weighted by molar-refractivity contribution is 0.198. The third-order valence-electron chi connectivity index (χ3n) is 7.90. The maximum atomic E-state index is 4.37. The average Bonchev–Trinajstić information content (AvgIpc) is 2.88. The van der Waals surface area contributed by atoms with Gasteiger partial charge in [-0.15, -0.1) is 0 Å². The third-order valence-corrected chi connectivity index (χ3v) is 7.90. The lowest BCUT2D eigenvalue weighted by atomic mass is 9.94. The second-order valence-corrected chi connectivity index (χ2v) is 10.2. The monoisotopic (exact) mass is 474 g/mol. The first-order valence-electron chi connectivity index (χ1n) is 14.0. The van der Waals surface area contributed by atoms with E-state index in [1.807, 2.05) is 0 Å². The molecule has 2 aromatic rings. The van der Waals surface area contributed by atoms with Gasteiger partial charge in [0, 0.05) is 56.7 Å². The molecule has 1 saturated heterocycles. The Morgan fingerprint density at radius 3 is 2.26 bits per heavy atom. The van der Waals surface area contributed by atoms with E-state index in [4.69, 9.17) is 0 Å². The largest absolute Gasteiger partial charge is 0.382 e. The van der Waals surface area contributed by atoms with Crippen molar-refractivity contribution in [2.45, 2.75) is 70.9 Å². The molecule has 0 aromatic heterocycles. The van der Waals surface area contributed by atoms with Crippen LogP contribution >= 0.6 is 0 Å². The third kappa shape index (κ3) is 6.89. The van der Waals surface area contributed by atoms with Gasteiger partial charge >= 0.3 is 0 Å². The summed E-state index contributed by atoms with van der Waals surface area (Å²) >= 11 is 0. The zero-order valence-electron chi connectivity index (χ0n) is 22.1. The van der Waals surface area contributed by atoms with Crippen molar-refractivity contribution in [3.63, 3.8) is 0 Å². The maximum Gasteiger partial charge on any atom is 0.0603 e. The fraction of sp³-hybridized carbons (Fsp3) is 0.548. The Kier molecular flexibility index (Phi) is 9.67. The Bertz CT molecular complexity index is 904. The first-order valence-corrected chi connectivity index (χ1v) is 14.0. The molecule has 4 heteroatoms. The number of hydrogen-bond acceptors (Lipinski definition) is 4. The van der Waals surface area contributed by atoms with Gasteiger partial charge in [-0.05, 0) is 55.5 Å². The Morgan fingerprint density at radius 1 is 0.943 bits per heavy atom. The van der Waals surface area contributed by atoms with Crippen LogP contribution in [0.1, 0.15) is 81.5 Å². The number of rotatable bonds is 9. The Hall–Kier alpha value is -2.30. The molecule has 4 rings (SSSR count). The summed E-state index contributed by atoms with van der Waals surface area (Å²) < 4.78 is 0. The highest BCUT2D eigenvalue weighted by Gasteiger charge is 2.24. The van der Waals surface area contributed by atoms with Gasteiger partial charge in [-0.25, -0.2) is 0 Å². The van der Waals surface area contributed by atoms with Crippen LogP contribution in [0.3, 0.4) is 0 Å². The molecule has 0 amide bonds. The van der Waals surface area contributed by atoms with Crippen LogP contribution in [-0.2, 0) is 0 Å². The first-order chi connectivity index (χ1) is 17.2. The van der Waals surface area contributed by atoms with Crippen molar-refractivity contribution in [3.8, 4) is 0 Å². The molecule has 2 N–H and O–H groups in total. The van der Waals surface area contributed by atoms with E-state index < -0.39 is 0 Å². The molecule has 0 unspecified atom stereocenters. The summed E-state index contributed by atoms with van der Waals surface area (Å²) in [7, 11) is 0. The zero-order chi connectivity index (χ0) is 24.5. The van der Waals surface area contributed by atoms with Gasteiger partial charge in [0.2, 0.25) is 0 Å². The van der Waals surface area contributed by atoms with E-state index >= 15 is 0 Å². The number of nitrogens with zero attached hydrogens (tertiary/aromatic N) is 2. The van der Waals surface area contributed by atoms with Crippen molar-refractivity contribution < 1.29 is 0 Å². The molecule has 1 aliphatic carbocycles. The van der Waals surface area contributed by atoms with Crippen LogP contribution in [0.5, 0.6) is 0 Å². The maximum absolute atomic E-state index is 4.37. The summed E-state index contributed by atoms with van der Waals surface area (Å²) in [4.78, 5) is 4.97. The van der Waals surface area contributed by atoms with E-state index in [0.717, 1.165) is 45.0 Å². The number of hydrogen-bond donors (Lipinski definition) is 2. The minimum Gasteiger partial charge on any atom is -0.382 e. The van der Waals surface area contributed by atoms with Crippen LogP contribution in [0.15, 0.2) is 55.1 Å². The van der Waals surface area contributed by atoms with Crippen LogP contribution in [0, 0.1) is 0 Å². The Morgan fingerprint density at radius 2 is 1.60 bits per heavy atom. The van der Waals surface area contributed by atoms with Gasteiger partial charge in [0.1, 0.15) is 0 Å². The molecule has 1 saturated carbocycles. The molecule has 1 heterocycles. The number of nitrogens with one attached hydrogen (secondary N) is 2. The Balaban J connectivity index is 1.57. The normalized spacial score (nSPS) is 18.9. The molecule has 1 aliphatic heterocycles. The van der Waals surface area contributed by atoms with Gasteiger partial charge in [0.25, 0.3) is 0 Å². The fourth-order valence-corrected chi connectivity index (χ4v) is 5.83. The highest BCUT2D eigenvalue weighted by molar-refractivity contribution is 5.62. The van der Waals surface area contributed by atoms with Gasteiger partial charge in [0.05, 0.1) is 6.04 Å². The van der Waals surface area contributed by atoms with E-state index in [9.17, 15) is 0 Å². The highest BCUT2D eigenvalue weighted by atomic mass is 15.2. The van der Waals surface area contributed by atoms with Crippen molar-refractivity contribution in [3.05, 3.63) is 71.8 Å². The number of piperazine rings is 1. The lowest BCUT2D eigenvalue weighted by Gasteiger charge is -2.36. The molecule has 0 radical (unpaired) electrons. The summed E-state index contributed by atoms with van der Waals surface area (Å²) in [5.74, 6) is 0. The van der Waals surface area contributed by atoms with Gasteiger partial charge in [-0.2, -0.15) is 0 Å². The first kappa shape index (κ1) is 25.8. The Labute approximate surface area is 213 Å².